The van der Waals surface area contributed by atoms with Crippen LogP contribution in [-0.2, 0) is 23.9 Å². The van der Waals surface area contributed by atoms with E-state index >= 15 is 0 Å². The topological polar surface area (TPSA) is 94.4 Å². The Bertz CT molecular complexity index is 536. The van der Waals surface area contributed by atoms with Gasteiger partial charge in [0.05, 0.1) is 25.2 Å². The summed E-state index contributed by atoms with van der Waals surface area (Å²) >= 11 is 0.840. The van der Waals surface area contributed by atoms with Crippen molar-refractivity contribution in [3.05, 3.63) is 12.2 Å². The predicted octanol–water partition coefficient (Wildman–Crippen LogP) is 4.56. The van der Waals surface area contributed by atoms with Crippen LogP contribution in [0.3, 0.4) is 0 Å². The summed E-state index contributed by atoms with van der Waals surface area (Å²) in [6, 6.07) is -0.485. The van der Waals surface area contributed by atoms with Gasteiger partial charge in [-0.05, 0) is 26.2 Å². The number of ether oxygens (including phenoxy) is 2. The maximum Gasteiger partial charge on any atom is 0.333 e. The molecule has 0 fully saturated rings. The molecule has 7 nitrogen and oxygen atoms in total. The second kappa shape index (κ2) is 14.4. The number of carbonyl (C=O) groups excluding carboxylic acids is 3. The minimum atomic E-state index is -0.485. The van der Waals surface area contributed by atoms with Crippen LogP contribution < -0.4 is 0 Å². The van der Waals surface area contributed by atoms with E-state index in [1.54, 1.807) is 6.92 Å². The molecular formula is C19H30N2O5S. The number of hydrogen-bond acceptors (Lipinski definition) is 8. The van der Waals surface area contributed by atoms with E-state index in [9.17, 15) is 14.4 Å². The zero-order chi connectivity index (χ0) is 19.9. The normalized spacial score (nSPS) is 15.7. The Labute approximate surface area is 165 Å². The molecule has 0 aromatic heterocycles. The van der Waals surface area contributed by atoms with Gasteiger partial charge in [0.1, 0.15) is 6.04 Å². The lowest BCUT2D eigenvalue weighted by atomic mass is 10.1. The summed E-state index contributed by atoms with van der Waals surface area (Å²) in [5.41, 5.74) is 0.440. The van der Waals surface area contributed by atoms with E-state index in [1.165, 1.54) is 0 Å². The summed E-state index contributed by atoms with van der Waals surface area (Å²) in [4.78, 5) is 34.1. The van der Waals surface area contributed by atoms with Gasteiger partial charge in [-0.25, -0.2) is 4.79 Å². The number of hydrogen-bond donors (Lipinski definition) is 0. The van der Waals surface area contributed by atoms with Crippen molar-refractivity contribution in [2.45, 2.75) is 77.2 Å². The van der Waals surface area contributed by atoms with Gasteiger partial charge >= 0.3 is 11.9 Å². The maximum absolute atomic E-state index is 11.6. The molecule has 0 aliphatic carbocycles. The first-order chi connectivity index (χ1) is 13.0. The lowest BCUT2D eigenvalue weighted by Crippen LogP contribution is -2.14. The third-order valence-electron chi connectivity index (χ3n) is 4.09. The van der Waals surface area contributed by atoms with Crippen LogP contribution in [-0.4, -0.2) is 36.3 Å². The Morgan fingerprint density at radius 1 is 1.00 bits per heavy atom. The number of rotatable bonds is 15. The Hall–Kier alpha value is -1.70. The van der Waals surface area contributed by atoms with Crippen LogP contribution in [0.5, 0.6) is 0 Å². The highest BCUT2D eigenvalue weighted by Crippen LogP contribution is 2.22. The second-order valence-electron chi connectivity index (χ2n) is 6.63. The minimum absolute atomic E-state index is 0.101. The first-order valence-corrected chi connectivity index (χ1v) is 10.4. The molecule has 1 aliphatic heterocycles. The van der Waals surface area contributed by atoms with E-state index in [0.717, 1.165) is 63.3 Å². The molecule has 0 saturated heterocycles. The molecule has 0 spiro atoms. The number of esters is 2. The molecule has 0 radical (unpaired) electrons. The van der Waals surface area contributed by atoms with E-state index in [-0.39, 0.29) is 23.5 Å². The third kappa shape index (κ3) is 11.6. The van der Waals surface area contributed by atoms with Crippen LogP contribution in [0.1, 0.15) is 71.1 Å². The van der Waals surface area contributed by atoms with Gasteiger partial charge in [-0.2, -0.15) is 5.11 Å². The van der Waals surface area contributed by atoms with Crippen LogP contribution in [0.4, 0.5) is 0 Å². The molecule has 0 N–H and O–H groups in total. The fraction of sp³-hybridized carbons (Fsp3) is 0.737. The zero-order valence-corrected chi connectivity index (χ0v) is 16.9. The van der Waals surface area contributed by atoms with Crippen molar-refractivity contribution >= 4 is 29.0 Å². The largest absolute Gasteiger partial charge is 0.466 e. The lowest BCUT2D eigenvalue weighted by Gasteiger charge is -2.06. The highest BCUT2D eigenvalue weighted by Gasteiger charge is 2.24. The van der Waals surface area contributed by atoms with Crippen molar-refractivity contribution in [2.75, 3.05) is 13.2 Å². The van der Waals surface area contributed by atoms with Crippen molar-refractivity contribution in [3.63, 3.8) is 0 Å². The van der Waals surface area contributed by atoms with Crippen molar-refractivity contribution in [1.29, 1.82) is 0 Å². The Kier molecular flexibility index (Phi) is 12.4. The van der Waals surface area contributed by atoms with Crippen LogP contribution >= 0.6 is 11.9 Å². The number of nitrogens with zero attached hydrogens (tertiary/aromatic N) is 2. The molecule has 0 aromatic carbocycles. The summed E-state index contributed by atoms with van der Waals surface area (Å²) in [6.07, 6.45) is 9.01. The van der Waals surface area contributed by atoms with E-state index in [0.29, 0.717) is 25.2 Å². The predicted molar refractivity (Wildman–Crippen MR) is 104 cm³/mol. The lowest BCUT2D eigenvalue weighted by molar-refractivity contribution is -0.144. The summed E-state index contributed by atoms with van der Waals surface area (Å²) in [5, 5.41) is 3.67. The molecule has 0 aromatic rings. The Balaban J connectivity index is 1.81. The fourth-order valence-corrected chi connectivity index (χ4v) is 3.00. The van der Waals surface area contributed by atoms with Gasteiger partial charge in [0.2, 0.25) is 5.12 Å². The summed E-state index contributed by atoms with van der Waals surface area (Å²) in [5.74, 6) is -0.588. The quantitative estimate of drug-likeness (QED) is 0.174. The summed E-state index contributed by atoms with van der Waals surface area (Å²) in [7, 11) is 0. The van der Waals surface area contributed by atoms with Crippen LogP contribution in [0.25, 0.3) is 0 Å². The van der Waals surface area contributed by atoms with E-state index in [4.69, 9.17) is 9.47 Å². The molecule has 1 heterocycles. The average molecular weight is 399 g/mol. The molecule has 152 valence electrons. The van der Waals surface area contributed by atoms with Crippen molar-refractivity contribution in [2.24, 2.45) is 9.63 Å². The SMILES string of the molecule is C=C(C)C(=O)OCCCCCCCCCCOC(=O)CCC1N=NSC1=O. The molecule has 1 atom stereocenters. The second-order valence-corrected chi connectivity index (χ2v) is 7.38. The maximum atomic E-state index is 11.6. The molecule has 8 heteroatoms. The zero-order valence-electron chi connectivity index (χ0n) is 16.1. The summed E-state index contributed by atoms with van der Waals surface area (Å²) in [6.45, 7) is 6.09. The first kappa shape index (κ1) is 23.3. The van der Waals surface area contributed by atoms with Crippen LogP contribution in [0.2, 0.25) is 0 Å². The van der Waals surface area contributed by atoms with Gasteiger partial charge in [0.25, 0.3) is 0 Å². The third-order valence-corrected chi connectivity index (χ3v) is 4.72. The molecule has 27 heavy (non-hydrogen) atoms. The smallest absolute Gasteiger partial charge is 0.333 e. The molecule has 0 saturated carbocycles. The van der Waals surface area contributed by atoms with E-state index < -0.39 is 6.04 Å². The van der Waals surface area contributed by atoms with Gasteiger partial charge in [-0.15, -0.1) is 4.52 Å². The summed E-state index contributed by atoms with van der Waals surface area (Å²) < 4.78 is 13.8. The van der Waals surface area contributed by atoms with Gasteiger partial charge < -0.3 is 9.47 Å². The van der Waals surface area contributed by atoms with E-state index in [1.807, 2.05) is 0 Å². The number of carbonyl (C=O) groups is 3. The minimum Gasteiger partial charge on any atom is -0.466 e. The van der Waals surface area contributed by atoms with Gasteiger partial charge in [-0.3, -0.25) is 9.59 Å². The van der Waals surface area contributed by atoms with Crippen molar-refractivity contribution in [1.82, 2.24) is 0 Å². The van der Waals surface area contributed by atoms with E-state index in [2.05, 4.69) is 16.2 Å². The molecule has 1 rings (SSSR count). The van der Waals surface area contributed by atoms with Crippen LogP contribution in [0, 0.1) is 0 Å². The van der Waals surface area contributed by atoms with Gasteiger partial charge in [-0.1, -0.05) is 45.1 Å². The first-order valence-electron chi connectivity index (χ1n) is 9.60. The molecule has 0 bridgehead atoms. The molecule has 0 amide bonds. The highest BCUT2D eigenvalue weighted by atomic mass is 32.2. The van der Waals surface area contributed by atoms with Gasteiger partial charge in [0.15, 0.2) is 0 Å². The Morgan fingerprint density at radius 3 is 2.07 bits per heavy atom. The molecule has 1 unspecified atom stereocenters. The molecular weight excluding hydrogens is 368 g/mol. The fourth-order valence-electron chi connectivity index (χ4n) is 2.47. The standard InChI is InChI=1S/C19H30N2O5S/c1-15(2)18(23)26-14-10-8-6-4-3-5-7-9-13-25-17(22)12-11-16-19(24)27-21-20-16/h16H,1,3-14H2,2H3. The number of unbranched alkanes of at least 4 members (excludes halogenated alkanes) is 7. The average Bonchev–Trinajstić information content (AvgIpc) is 3.05. The molecule has 1 aliphatic rings. The van der Waals surface area contributed by atoms with Crippen LogP contribution in [0.15, 0.2) is 21.8 Å². The Morgan fingerprint density at radius 2 is 1.56 bits per heavy atom. The highest BCUT2D eigenvalue weighted by molar-refractivity contribution is 8.12. The van der Waals surface area contributed by atoms with Crippen molar-refractivity contribution in [3.8, 4) is 0 Å². The van der Waals surface area contributed by atoms with Gasteiger partial charge in [0, 0.05) is 12.0 Å². The van der Waals surface area contributed by atoms with Crippen molar-refractivity contribution < 1.29 is 23.9 Å². The monoisotopic (exact) mass is 398 g/mol.